The van der Waals surface area contributed by atoms with E-state index in [2.05, 4.69) is 12.4 Å². The molecule has 0 amide bonds. The van der Waals surface area contributed by atoms with Crippen LogP contribution in [0.4, 0.5) is 0 Å². The summed E-state index contributed by atoms with van der Waals surface area (Å²) in [4.78, 5) is 4.92. The summed E-state index contributed by atoms with van der Waals surface area (Å²) in [6.07, 6.45) is 1.94. The van der Waals surface area contributed by atoms with Gasteiger partial charge < -0.3 is 4.84 Å². The summed E-state index contributed by atoms with van der Waals surface area (Å²) >= 11 is 0. The smallest absolute Gasteiger partial charge is 0.119 e. The van der Waals surface area contributed by atoms with Crippen LogP contribution < -0.4 is 5.48 Å². The van der Waals surface area contributed by atoms with Gasteiger partial charge >= 0.3 is 0 Å². The van der Waals surface area contributed by atoms with Crippen LogP contribution in [0.3, 0.4) is 0 Å². The van der Waals surface area contributed by atoms with Crippen molar-refractivity contribution in [1.29, 1.82) is 0 Å². The zero-order valence-electron chi connectivity index (χ0n) is 5.19. The van der Waals surface area contributed by atoms with Crippen molar-refractivity contribution in [2.24, 2.45) is 0 Å². The minimum Gasteiger partial charge on any atom is -0.413 e. The predicted octanol–water partition coefficient (Wildman–Crippen LogP) is 1.02. The van der Waals surface area contributed by atoms with Crippen molar-refractivity contribution in [3.05, 3.63) is 18.8 Å². The molecule has 0 aliphatic carbocycles. The highest BCUT2D eigenvalue weighted by atomic mass is 16.7. The topological polar surface area (TPSA) is 21.3 Å². The molecule has 0 aromatic heterocycles. The van der Waals surface area contributed by atoms with E-state index in [0.717, 1.165) is 5.76 Å². The highest BCUT2D eigenvalue weighted by Gasteiger charge is 2.21. The van der Waals surface area contributed by atoms with Crippen LogP contribution in [0, 0.1) is 6.92 Å². The van der Waals surface area contributed by atoms with Crippen molar-refractivity contribution >= 4 is 0 Å². The Hall–Kier alpha value is -0.500. The quantitative estimate of drug-likeness (QED) is 0.505. The number of hydrogen-bond acceptors (Lipinski definition) is 2. The lowest BCUT2D eigenvalue weighted by molar-refractivity contribution is 0.101. The summed E-state index contributed by atoms with van der Waals surface area (Å²) in [6, 6.07) is 0. The van der Waals surface area contributed by atoms with Gasteiger partial charge in [-0.3, -0.25) is 0 Å². The third kappa shape index (κ3) is 1.01. The molecule has 1 rings (SSSR count). The van der Waals surface area contributed by atoms with Crippen molar-refractivity contribution in [2.45, 2.75) is 19.4 Å². The van der Waals surface area contributed by atoms with Gasteiger partial charge in [0.1, 0.15) is 5.76 Å². The molecular formula is C6H10NO. The van der Waals surface area contributed by atoms with E-state index in [-0.39, 0.29) is 5.54 Å². The number of hydroxylamine groups is 1. The highest BCUT2D eigenvalue weighted by molar-refractivity contribution is 5.11. The number of nitrogens with one attached hydrogen (secondary N) is 1. The Kier molecular flexibility index (Phi) is 1.05. The van der Waals surface area contributed by atoms with E-state index in [9.17, 15) is 0 Å². The molecule has 45 valence electrons. The molecule has 8 heavy (non-hydrogen) atoms. The van der Waals surface area contributed by atoms with Crippen molar-refractivity contribution in [3.63, 3.8) is 0 Å². The van der Waals surface area contributed by atoms with Gasteiger partial charge in [0.2, 0.25) is 0 Å². The number of allylic oxidation sites excluding steroid dienone is 1. The Morgan fingerprint density at radius 3 is 2.62 bits per heavy atom. The molecule has 2 heteroatoms. The Balaban J connectivity index is 2.67. The van der Waals surface area contributed by atoms with Crippen LogP contribution in [-0.2, 0) is 4.84 Å². The molecule has 0 saturated heterocycles. The first kappa shape index (κ1) is 5.63. The largest absolute Gasteiger partial charge is 0.413 e. The molecule has 1 aliphatic rings. The van der Waals surface area contributed by atoms with Crippen LogP contribution in [0.5, 0.6) is 0 Å². The fourth-order valence-corrected chi connectivity index (χ4v) is 0.705. The summed E-state index contributed by atoms with van der Waals surface area (Å²) in [5.41, 5.74) is 2.52. The van der Waals surface area contributed by atoms with Gasteiger partial charge in [-0.2, -0.15) is 0 Å². The average Bonchev–Trinajstić information content (AvgIpc) is 1.82. The molecule has 2 nitrogen and oxygen atoms in total. The zero-order valence-corrected chi connectivity index (χ0v) is 5.19. The normalized spacial score (nSPS) is 24.6. The maximum atomic E-state index is 4.92. The molecule has 1 aliphatic heterocycles. The predicted molar refractivity (Wildman–Crippen MR) is 31.7 cm³/mol. The number of rotatable bonds is 0. The second-order valence-corrected chi connectivity index (χ2v) is 2.38. The third-order valence-electron chi connectivity index (χ3n) is 0.967. The second-order valence-electron chi connectivity index (χ2n) is 2.38. The van der Waals surface area contributed by atoms with E-state index in [1.165, 1.54) is 0 Å². The van der Waals surface area contributed by atoms with Crippen LogP contribution in [0.2, 0.25) is 0 Å². The molecule has 0 saturated carbocycles. The van der Waals surface area contributed by atoms with Gasteiger partial charge in [-0.05, 0) is 26.8 Å². The zero-order chi connectivity index (χ0) is 6.20. The lowest BCUT2D eigenvalue weighted by Gasteiger charge is -2.11. The lowest BCUT2D eigenvalue weighted by Crippen LogP contribution is -2.31. The average molecular weight is 112 g/mol. The molecule has 0 bridgehead atoms. The minimum absolute atomic E-state index is 0.218. The standard InChI is InChI=1S/C6H10NO/c1-5-4-6(2,3)7-8-5/h4,7H,2H2,1,3H3. The van der Waals surface area contributed by atoms with E-state index in [1.807, 2.05) is 19.9 Å². The third-order valence-corrected chi connectivity index (χ3v) is 0.967. The maximum absolute atomic E-state index is 4.92. The van der Waals surface area contributed by atoms with Crippen LogP contribution in [0.25, 0.3) is 0 Å². The van der Waals surface area contributed by atoms with Gasteiger partial charge in [-0.15, -0.1) is 5.48 Å². The maximum Gasteiger partial charge on any atom is 0.119 e. The minimum atomic E-state index is -0.218. The van der Waals surface area contributed by atoms with Crippen LogP contribution in [0.15, 0.2) is 11.8 Å². The van der Waals surface area contributed by atoms with Crippen molar-refractivity contribution < 1.29 is 4.84 Å². The summed E-state index contributed by atoms with van der Waals surface area (Å²) < 4.78 is 0. The fourth-order valence-electron chi connectivity index (χ4n) is 0.705. The van der Waals surface area contributed by atoms with Crippen molar-refractivity contribution in [1.82, 2.24) is 5.48 Å². The van der Waals surface area contributed by atoms with Crippen LogP contribution in [-0.4, -0.2) is 5.54 Å². The Bertz CT molecular complexity index is 126. The molecule has 1 heterocycles. The number of hydrogen-bond donors (Lipinski definition) is 1. The van der Waals surface area contributed by atoms with Crippen LogP contribution >= 0.6 is 0 Å². The van der Waals surface area contributed by atoms with Gasteiger partial charge in [0.05, 0.1) is 5.54 Å². The van der Waals surface area contributed by atoms with Crippen molar-refractivity contribution in [3.8, 4) is 0 Å². The first-order chi connectivity index (χ1) is 3.60. The van der Waals surface area contributed by atoms with Gasteiger partial charge in [0.15, 0.2) is 0 Å². The monoisotopic (exact) mass is 112 g/mol. The Morgan fingerprint density at radius 1 is 1.88 bits per heavy atom. The van der Waals surface area contributed by atoms with E-state index in [0.29, 0.717) is 0 Å². The molecule has 1 radical (unpaired) electrons. The Labute approximate surface area is 49.5 Å². The Morgan fingerprint density at radius 2 is 2.50 bits per heavy atom. The van der Waals surface area contributed by atoms with Crippen LogP contribution in [0.1, 0.15) is 13.8 Å². The van der Waals surface area contributed by atoms with Gasteiger partial charge in [0, 0.05) is 0 Å². The second kappa shape index (κ2) is 1.49. The SMILES string of the molecule is [CH2]C1(C)C=C(C)ON1. The van der Waals surface area contributed by atoms with Gasteiger partial charge in [-0.1, -0.05) is 0 Å². The molecular weight excluding hydrogens is 102 g/mol. The molecule has 0 aromatic rings. The van der Waals surface area contributed by atoms with Gasteiger partial charge in [0.25, 0.3) is 0 Å². The molecule has 1 atom stereocenters. The molecule has 1 unspecified atom stereocenters. The summed E-state index contributed by atoms with van der Waals surface area (Å²) in [5.74, 6) is 0.891. The first-order valence-corrected chi connectivity index (χ1v) is 2.59. The molecule has 0 spiro atoms. The lowest BCUT2D eigenvalue weighted by atomic mass is 10.1. The molecule has 0 aromatic carbocycles. The van der Waals surface area contributed by atoms with E-state index < -0.39 is 0 Å². The van der Waals surface area contributed by atoms with E-state index in [4.69, 9.17) is 4.84 Å². The molecule has 0 fully saturated rings. The fraction of sp³-hybridized carbons (Fsp3) is 0.500. The summed E-state index contributed by atoms with van der Waals surface area (Å²) in [7, 11) is 0. The van der Waals surface area contributed by atoms with E-state index >= 15 is 0 Å². The van der Waals surface area contributed by atoms with Crippen molar-refractivity contribution in [2.75, 3.05) is 0 Å². The van der Waals surface area contributed by atoms with Gasteiger partial charge in [-0.25, -0.2) is 0 Å². The summed E-state index contributed by atoms with van der Waals surface area (Å²) in [6.45, 7) is 7.65. The molecule has 1 N–H and O–H groups in total. The summed E-state index contributed by atoms with van der Waals surface area (Å²) in [5, 5.41) is 0. The highest BCUT2D eigenvalue weighted by Crippen LogP contribution is 2.14. The first-order valence-electron chi connectivity index (χ1n) is 2.59. The van der Waals surface area contributed by atoms with E-state index in [1.54, 1.807) is 0 Å².